The lowest BCUT2D eigenvalue weighted by molar-refractivity contribution is -0.117. The van der Waals surface area contributed by atoms with Gasteiger partial charge in [0, 0.05) is 40.0 Å². The van der Waals surface area contributed by atoms with E-state index in [4.69, 9.17) is 0 Å². The van der Waals surface area contributed by atoms with Crippen LogP contribution < -0.4 is 10.6 Å². The number of H-pyrrole nitrogens is 2. The van der Waals surface area contributed by atoms with Crippen LogP contribution in [-0.4, -0.2) is 39.2 Å². The van der Waals surface area contributed by atoms with Gasteiger partial charge in [-0.3, -0.25) is 14.9 Å². The molecular weight excluding hydrogens is 515 g/mol. The molecule has 6 aromatic rings. The summed E-state index contributed by atoms with van der Waals surface area (Å²) >= 11 is 0. The molecule has 7 rings (SSSR count). The number of nitrogens with zero attached hydrogens (tertiary/aromatic N) is 2. The normalized spacial score (nSPS) is 14.1. The lowest BCUT2D eigenvalue weighted by Gasteiger charge is -2.21. The van der Waals surface area contributed by atoms with Gasteiger partial charge >= 0.3 is 0 Å². The fourth-order valence-electron chi connectivity index (χ4n) is 5.82. The van der Waals surface area contributed by atoms with Crippen LogP contribution in [0.5, 0.6) is 0 Å². The first kappa shape index (κ1) is 25.2. The quantitative estimate of drug-likeness (QED) is 0.183. The number of rotatable bonds is 6. The minimum atomic E-state index is -0.254. The number of aromatic nitrogens is 4. The number of pyridine rings is 1. The summed E-state index contributed by atoms with van der Waals surface area (Å²) in [7, 11) is 0. The molecule has 0 atom stereocenters. The molecule has 1 saturated heterocycles. The molecule has 204 valence electrons. The van der Waals surface area contributed by atoms with Gasteiger partial charge in [-0.05, 0) is 79.4 Å². The van der Waals surface area contributed by atoms with Crippen molar-refractivity contribution in [2.75, 3.05) is 18.4 Å². The Kier molecular flexibility index (Phi) is 6.53. The summed E-state index contributed by atoms with van der Waals surface area (Å²) in [6, 6.07) is 22.7. The molecule has 0 saturated carbocycles. The van der Waals surface area contributed by atoms with Gasteiger partial charge in [0.2, 0.25) is 5.91 Å². The van der Waals surface area contributed by atoms with Crippen LogP contribution in [0.15, 0.2) is 85.2 Å². The number of fused-ring (bicyclic) bond motifs is 2. The average Bonchev–Trinajstić information content (AvgIpc) is 3.62. The molecule has 1 amide bonds. The van der Waals surface area contributed by atoms with Crippen molar-refractivity contribution in [3.8, 4) is 33.6 Å². The van der Waals surface area contributed by atoms with Crippen LogP contribution in [0.1, 0.15) is 19.3 Å². The van der Waals surface area contributed by atoms with Crippen LogP contribution in [-0.2, 0) is 4.79 Å². The molecule has 8 heteroatoms. The van der Waals surface area contributed by atoms with Gasteiger partial charge in [0.15, 0.2) is 0 Å². The van der Waals surface area contributed by atoms with Crippen molar-refractivity contribution < 1.29 is 9.18 Å². The zero-order valence-corrected chi connectivity index (χ0v) is 22.4. The summed E-state index contributed by atoms with van der Waals surface area (Å²) in [6.07, 6.45) is 6.06. The van der Waals surface area contributed by atoms with Gasteiger partial charge in [-0.15, -0.1) is 0 Å². The number of nitrogens with one attached hydrogen (secondary N) is 4. The van der Waals surface area contributed by atoms with E-state index in [1.165, 1.54) is 6.07 Å². The molecule has 7 nitrogen and oxygen atoms in total. The van der Waals surface area contributed by atoms with Crippen LogP contribution in [0.3, 0.4) is 0 Å². The second-order valence-electron chi connectivity index (χ2n) is 10.7. The van der Waals surface area contributed by atoms with E-state index < -0.39 is 0 Å². The minimum Gasteiger partial charge on any atom is -0.353 e. The van der Waals surface area contributed by atoms with Gasteiger partial charge in [0.1, 0.15) is 11.5 Å². The number of amides is 1. The highest BCUT2D eigenvalue weighted by molar-refractivity contribution is 6.02. The van der Waals surface area contributed by atoms with E-state index in [2.05, 4.69) is 36.9 Å². The molecule has 0 unspecified atom stereocenters. The highest BCUT2D eigenvalue weighted by Gasteiger charge is 2.18. The number of hydrogen-bond donors (Lipinski definition) is 4. The Hall–Kier alpha value is -4.82. The van der Waals surface area contributed by atoms with Gasteiger partial charge in [0.05, 0.1) is 23.1 Å². The fraction of sp³-hybridized carbons (Fsp3) is 0.182. The second-order valence-corrected chi connectivity index (χ2v) is 10.7. The zero-order valence-electron chi connectivity index (χ0n) is 22.4. The van der Waals surface area contributed by atoms with Gasteiger partial charge in [-0.25, -0.2) is 4.39 Å². The fourth-order valence-corrected chi connectivity index (χ4v) is 5.82. The summed E-state index contributed by atoms with van der Waals surface area (Å²) in [5, 5.41) is 16.0. The lowest BCUT2D eigenvalue weighted by Crippen LogP contribution is -2.30. The van der Waals surface area contributed by atoms with Crippen LogP contribution >= 0.6 is 0 Å². The highest BCUT2D eigenvalue weighted by atomic mass is 19.1. The van der Waals surface area contributed by atoms with E-state index >= 15 is 0 Å². The smallest absolute Gasteiger partial charge is 0.224 e. The van der Waals surface area contributed by atoms with E-state index in [0.717, 1.165) is 75.8 Å². The van der Waals surface area contributed by atoms with Crippen molar-refractivity contribution in [2.24, 2.45) is 5.92 Å². The van der Waals surface area contributed by atoms with Crippen LogP contribution in [0.2, 0.25) is 0 Å². The minimum absolute atomic E-state index is 0.0250. The van der Waals surface area contributed by atoms with Gasteiger partial charge in [-0.2, -0.15) is 5.10 Å². The summed E-state index contributed by atoms with van der Waals surface area (Å²) in [6.45, 7) is 1.94. The third-order valence-corrected chi connectivity index (χ3v) is 7.93. The number of benzene rings is 3. The number of carbonyl (C=O) groups is 1. The zero-order chi connectivity index (χ0) is 27.8. The molecular formula is C33H29FN6O. The summed E-state index contributed by atoms with van der Waals surface area (Å²) in [4.78, 5) is 20.6. The molecule has 0 aliphatic carbocycles. The Balaban J connectivity index is 1.20. The molecule has 3 aromatic heterocycles. The molecule has 0 bridgehead atoms. The first-order chi connectivity index (χ1) is 20.1. The van der Waals surface area contributed by atoms with Crippen molar-refractivity contribution in [3.63, 3.8) is 0 Å². The topological polar surface area (TPSA) is 98.5 Å². The maximum Gasteiger partial charge on any atom is 0.224 e. The van der Waals surface area contributed by atoms with E-state index in [9.17, 15) is 9.18 Å². The van der Waals surface area contributed by atoms with Crippen molar-refractivity contribution in [3.05, 3.63) is 91.0 Å². The summed E-state index contributed by atoms with van der Waals surface area (Å²) in [5.41, 5.74) is 7.36. The molecule has 1 aliphatic rings. The van der Waals surface area contributed by atoms with Crippen molar-refractivity contribution >= 4 is 33.4 Å². The molecule has 3 aromatic carbocycles. The molecule has 4 N–H and O–H groups in total. The van der Waals surface area contributed by atoms with E-state index in [-0.39, 0.29) is 11.7 Å². The number of hydrogen-bond acceptors (Lipinski definition) is 4. The van der Waals surface area contributed by atoms with Crippen molar-refractivity contribution in [1.82, 2.24) is 25.5 Å². The third-order valence-electron chi connectivity index (χ3n) is 7.93. The molecule has 41 heavy (non-hydrogen) atoms. The van der Waals surface area contributed by atoms with E-state index in [1.807, 2.05) is 48.5 Å². The molecule has 0 radical (unpaired) electrons. The van der Waals surface area contributed by atoms with Crippen molar-refractivity contribution in [1.29, 1.82) is 0 Å². The van der Waals surface area contributed by atoms with E-state index in [0.29, 0.717) is 23.6 Å². The molecule has 4 heterocycles. The van der Waals surface area contributed by atoms with Crippen LogP contribution in [0.4, 0.5) is 10.1 Å². The first-order valence-corrected chi connectivity index (χ1v) is 13.9. The SMILES string of the molecule is O=C(CC1CCNCC1)Nc1cncc(-c2ccc3[nH]nc(-c4cc5c(-c6ccccc6F)cccc5[nH]4)c3c2)c1. The highest BCUT2D eigenvalue weighted by Crippen LogP contribution is 2.36. The number of halogens is 1. The summed E-state index contributed by atoms with van der Waals surface area (Å²) in [5.74, 6) is 0.190. The van der Waals surface area contributed by atoms with E-state index in [1.54, 1.807) is 24.5 Å². The Morgan fingerprint density at radius 1 is 0.878 bits per heavy atom. The van der Waals surface area contributed by atoms with Gasteiger partial charge < -0.3 is 15.6 Å². The van der Waals surface area contributed by atoms with Crippen molar-refractivity contribution in [2.45, 2.75) is 19.3 Å². The predicted molar refractivity (Wildman–Crippen MR) is 161 cm³/mol. The lowest BCUT2D eigenvalue weighted by atomic mass is 9.94. The number of aromatic amines is 2. The van der Waals surface area contributed by atoms with Gasteiger partial charge in [-0.1, -0.05) is 36.4 Å². The number of anilines is 1. The molecule has 1 aliphatic heterocycles. The molecule has 1 fully saturated rings. The standard InChI is InChI=1S/C33H29FN6O/c34-28-6-2-1-4-25(28)24-5-3-7-29-26(24)17-31(38-29)33-27-16-21(8-9-30(27)39-40-33)22-15-23(19-36-18-22)37-32(41)14-20-10-12-35-13-11-20/h1-9,15-20,35,38H,10-14H2,(H,37,41)(H,39,40). The monoisotopic (exact) mass is 544 g/mol. The third kappa shape index (κ3) is 4.98. The van der Waals surface area contributed by atoms with Crippen LogP contribution in [0.25, 0.3) is 55.4 Å². The van der Waals surface area contributed by atoms with Crippen LogP contribution in [0, 0.1) is 11.7 Å². The Morgan fingerprint density at radius 3 is 2.61 bits per heavy atom. The number of piperidine rings is 1. The maximum atomic E-state index is 14.6. The average molecular weight is 545 g/mol. The molecule has 0 spiro atoms. The second kappa shape index (κ2) is 10.6. The Morgan fingerprint density at radius 2 is 1.73 bits per heavy atom. The predicted octanol–water partition coefficient (Wildman–Crippen LogP) is 6.91. The Bertz CT molecular complexity index is 1880. The maximum absolute atomic E-state index is 14.6. The summed E-state index contributed by atoms with van der Waals surface area (Å²) < 4.78 is 14.6. The first-order valence-electron chi connectivity index (χ1n) is 13.9. The number of carbonyl (C=O) groups excluding carboxylic acids is 1. The van der Waals surface area contributed by atoms with Gasteiger partial charge in [0.25, 0.3) is 0 Å². The largest absolute Gasteiger partial charge is 0.353 e. The Labute approximate surface area is 236 Å².